The van der Waals surface area contributed by atoms with Gasteiger partial charge < -0.3 is 20.3 Å². The first-order valence-corrected chi connectivity index (χ1v) is 7.32. The smallest absolute Gasteiger partial charge is 0.262 e. The Hall–Kier alpha value is -2.99. The molecular formula is C17H12ClNO5. The van der Waals surface area contributed by atoms with Gasteiger partial charge in [-0.2, -0.15) is 0 Å². The van der Waals surface area contributed by atoms with E-state index in [1.165, 1.54) is 30.4 Å². The van der Waals surface area contributed by atoms with Crippen LogP contribution in [0, 0.1) is 0 Å². The van der Waals surface area contributed by atoms with E-state index >= 15 is 0 Å². The lowest BCUT2D eigenvalue weighted by molar-refractivity contribution is -0.118. The lowest BCUT2D eigenvalue weighted by Crippen LogP contribution is -2.25. The third-order valence-corrected chi connectivity index (χ3v) is 3.68. The quantitative estimate of drug-likeness (QED) is 0.451. The molecule has 0 unspecified atom stereocenters. The molecule has 0 bridgehead atoms. The number of nitrogens with one attached hydrogen (secondary N) is 1. The minimum Gasteiger partial charge on any atom is -0.504 e. The lowest BCUT2D eigenvalue weighted by atomic mass is 10.1. The van der Waals surface area contributed by atoms with Gasteiger partial charge in [0.25, 0.3) is 5.91 Å². The standard InChI is InChI=1S/C17H12ClNO5/c18-11-5-9(6-14(21)17(11)23)1-3-13(20)10-2-4-15-12(7-10)19-16(22)8-24-15/h1-7,21,23H,8H2,(H,19,22)/b3-1+. The summed E-state index contributed by atoms with van der Waals surface area (Å²) >= 11 is 5.76. The number of allylic oxidation sites excluding steroid dienone is 1. The number of halogens is 1. The summed E-state index contributed by atoms with van der Waals surface area (Å²) in [5.41, 5.74) is 1.26. The molecule has 24 heavy (non-hydrogen) atoms. The number of rotatable bonds is 3. The van der Waals surface area contributed by atoms with Gasteiger partial charge in [0.1, 0.15) is 5.75 Å². The highest BCUT2D eigenvalue weighted by Gasteiger charge is 2.17. The molecule has 0 radical (unpaired) electrons. The number of phenolic OH excluding ortho intramolecular Hbond substituents is 2. The van der Waals surface area contributed by atoms with Crippen molar-refractivity contribution in [2.24, 2.45) is 0 Å². The Morgan fingerprint density at radius 3 is 2.79 bits per heavy atom. The molecule has 1 aliphatic rings. The van der Waals surface area contributed by atoms with Crippen molar-refractivity contribution < 1.29 is 24.5 Å². The number of anilines is 1. The number of hydrogen-bond acceptors (Lipinski definition) is 5. The molecule has 0 aromatic heterocycles. The molecule has 122 valence electrons. The van der Waals surface area contributed by atoms with Crippen LogP contribution in [0.15, 0.2) is 36.4 Å². The number of hydrogen-bond donors (Lipinski definition) is 3. The Labute approximate surface area is 141 Å². The highest BCUT2D eigenvalue weighted by molar-refractivity contribution is 6.32. The Bertz CT molecular complexity index is 852. The van der Waals surface area contributed by atoms with Gasteiger partial charge in [-0.1, -0.05) is 17.7 Å². The molecule has 0 saturated carbocycles. The van der Waals surface area contributed by atoms with E-state index in [1.54, 1.807) is 12.1 Å². The van der Waals surface area contributed by atoms with Crippen molar-refractivity contribution in [2.45, 2.75) is 0 Å². The van der Waals surface area contributed by atoms with E-state index < -0.39 is 5.75 Å². The second kappa shape index (κ2) is 6.25. The van der Waals surface area contributed by atoms with Gasteiger partial charge in [-0.25, -0.2) is 0 Å². The van der Waals surface area contributed by atoms with E-state index in [2.05, 4.69) is 5.32 Å². The maximum Gasteiger partial charge on any atom is 0.262 e. The molecule has 0 spiro atoms. The van der Waals surface area contributed by atoms with Gasteiger partial charge in [0.05, 0.1) is 10.7 Å². The number of aromatic hydroxyl groups is 2. The summed E-state index contributed by atoms with van der Waals surface area (Å²) in [6.07, 6.45) is 2.76. The molecule has 1 amide bonds. The first-order valence-electron chi connectivity index (χ1n) is 6.94. The van der Waals surface area contributed by atoms with E-state index in [1.807, 2.05) is 0 Å². The Kier molecular flexibility index (Phi) is 4.14. The van der Waals surface area contributed by atoms with Crippen LogP contribution in [0.4, 0.5) is 5.69 Å². The molecular weight excluding hydrogens is 334 g/mol. The van der Waals surface area contributed by atoms with Crippen LogP contribution < -0.4 is 10.1 Å². The zero-order valence-electron chi connectivity index (χ0n) is 12.2. The molecule has 7 heteroatoms. The first kappa shape index (κ1) is 15.9. The van der Waals surface area contributed by atoms with E-state index in [4.69, 9.17) is 16.3 Å². The van der Waals surface area contributed by atoms with Crippen LogP contribution in [0.2, 0.25) is 5.02 Å². The second-order valence-corrected chi connectivity index (χ2v) is 5.52. The number of carbonyl (C=O) groups excluding carboxylic acids is 2. The van der Waals surface area contributed by atoms with Crippen LogP contribution >= 0.6 is 11.6 Å². The lowest BCUT2D eigenvalue weighted by Gasteiger charge is -2.17. The molecule has 3 N–H and O–H groups in total. The van der Waals surface area contributed by atoms with Gasteiger partial charge in [0, 0.05) is 5.56 Å². The molecule has 0 aliphatic carbocycles. The Morgan fingerprint density at radius 2 is 2.04 bits per heavy atom. The summed E-state index contributed by atoms with van der Waals surface area (Å²) < 4.78 is 5.23. The highest BCUT2D eigenvalue weighted by Crippen LogP contribution is 2.34. The van der Waals surface area contributed by atoms with Gasteiger partial charge in [0.15, 0.2) is 23.9 Å². The fraction of sp³-hybridized carbons (Fsp3) is 0.0588. The number of ether oxygens (including phenoxy) is 1. The van der Waals surface area contributed by atoms with Crippen LogP contribution in [0.5, 0.6) is 17.2 Å². The van der Waals surface area contributed by atoms with Crippen LogP contribution in [-0.4, -0.2) is 28.5 Å². The van der Waals surface area contributed by atoms with Crippen LogP contribution in [0.25, 0.3) is 6.08 Å². The minimum atomic E-state index is -0.412. The van der Waals surface area contributed by atoms with Gasteiger partial charge in [-0.3, -0.25) is 9.59 Å². The van der Waals surface area contributed by atoms with Gasteiger partial charge >= 0.3 is 0 Å². The number of benzene rings is 2. The fourth-order valence-corrected chi connectivity index (χ4v) is 2.43. The van der Waals surface area contributed by atoms with Gasteiger partial charge in [-0.15, -0.1) is 0 Å². The molecule has 3 rings (SSSR count). The summed E-state index contributed by atoms with van der Waals surface area (Å²) in [5, 5.41) is 21.5. The predicted molar refractivity (Wildman–Crippen MR) is 88.7 cm³/mol. The molecule has 1 aliphatic heterocycles. The van der Waals surface area contributed by atoms with Crippen LogP contribution in [0.3, 0.4) is 0 Å². The number of fused-ring (bicyclic) bond motifs is 1. The van der Waals surface area contributed by atoms with Gasteiger partial charge in [-0.05, 0) is 42.0 Å². The van der Waals surface area contributed by atoms with Crippen molar-refractivity contribution in [3.63, 3.8) is 0 Å². The zero-order valence-corrected chi connectivity index (χ0v) is 13.0. The average Bonchev–Trinajstić information content (AvgIpc) is 2.56. The number of phenols is 2. The number of ketones is 1. The average molecular weight is 346 g/mol. The molecule has 2 aromatic carbocycles. The van der Waals surface area contributed by atoms with Crippen LogP contribution in [0.1, 0.15) is 15.9 Å². The van der Waals surface area contributed by atoms with Crippen molar-refractivity contribution in [3.05, 3.63) is 52.6 Å². The summed E-state index contributed by atoms with van der Waals surface area (Å²) in [4.78, 5) is 23.6. The van der Waals surface area contributed by atoms with E-state index in [0.717, 1.165) is 0 Å². The summed E-state index contributed by atoms with van der Waals surface area (Å²) in [7, 11) is 0. The maximum absolute atomic E-state index is 12.2. The van der Waals surface area contributed by atoms with Crippen molar-refractivity contribution in [3.8, 4) is 17.2 Å². The summed E-state index contributed by atoms with van der Waals surface area (Å²) in [5.74, 6) is -0.864. The van der Waals surface area contributed by atoms with Crippen LogP contribution in [-0.2, 0) is 4.79 Å². The largest absolute Gasteiger partial charge is 0.504 e. The zero-order chi connectivity index (χ0) is 17.3. The topological polar surface area (TPSA) is 95.9 Å². The molecule has 6 nitrogen and oxygen atoms in total. The van der Waals surface area contributed by atoms with Gasteiger partial charge in [0.2, 0.25) is 0 Å². The molecule has 0 saturated heterocycles. The molecule has 0 fully saturated rings. The third kappa shape index (κ3) is 3.18. The van der Waals surface area contributed by atoms with Crippen molar-refractivity contribution in [2.75, 3.05) is 11.9 Å². The predicted octanol–water partition coefficient (Wildman–Crippen LogP) is 2.98. The number of carbonyl (C=O) groups is 2. The summed E-state index contributed by atoms with van der Waals surface area (Å²) in [6, 6.07) is 7.43. The fourth-order valence-electron chi connectivity index (χ4n) is 2.21. The number of amides is 1. The highest BCUT2D eigenvalue weighted by atomic mass is 35.5. The Balaban J connectivity index is 1.82. The van der Waals surface area contributed by atoms with E-state index in [-0.39, 0.29) is 29.1 Å². The van der Waals surface area contributed by atoms with Crippen molar-refractivity contribution in [1.82, 2.24) is 0 Å². The SMILES string of the molecule is O=C1COc2ccc(C(=O)/C=C/c3cc(O)c(O)c(Cl)c3)cc2N1. The van der Waals surface area contributed by atoms with E-state index in [0.29, 0.717) is 22.6 Å². The maximum atomic E-state index is 12.2. The molecule has 0 atom stereocenters. The molecule has 1 heterocycles. The van der Waals surface area contributed by atoms with Crippen molar-refractivity contribution in [1.29, 1.82) is 0 Å². The Morgan fingerprint density at radius 1 is 1.25 bits per heavy atom. The minimum absolute atomic E-state index is 0.0178. The normalized spacial score (nSPS) is 13.3. The third-order valence-electron chi connectivity index (χ3n) is 3.39. The summed E-state index contributed by atoms with van der Waals surface area (Å²) in [6.45, 7) is -0.0503. The first-order chi connectivity index (χ1) is 11.4. The van der Waals surface area contributed by atoms with Crippen molar-refractivity contribution >= 4 is 35.1 Å². The monoisotopic (exact) mass is 345 g/mol. The second-order valence-electron chi connectivity index (χ2n) is 5.12. The van der Waals surface area contributed by atoms with E-state index in [9.17, 15) is 19.8 Å². The molecule has 2 aromatic rings.